The molecule has 1 aromatic heterocycles. The maximum absolute atomic E-state index is 7.32. The van der Waals surface area contributed by atoms with Crippen LogP contribution < -0.4 is 21.2 Å². The fourth-order valence-corrected chi connectivity index (χ4v) is 11.0. The maximum Gasteiger partial charge on any atom is 1.00 e. The van der Waals surface area contributed by atoms with E-state index in [1.165, 1.54) is 47.4 Å². The molecule has 6 aromatic rings. The van der Waals surface area contributed by atoms with Gasteiger partial charge in [0, 0.05) is 20.0 Å². The smallest absolute Gasteiger partial charge is 0.305 e. The van der Waals surface area contributed by atoms with Crippen LogP contribution in [-0.2, 0) is 19.5 Å². The predicted octanol–water partition coefficient (Wildman–Crippen LogP) is 8.32. The first-order valence-electron chi connectivity index (χ1n) is 15.1. The molecular formula is C41H40N3P2Ru+2. The summed E-state index contributed by atoms with van der Waals surface area (Å²) in [4.78, 5) is 4.22. The van der Waals surface area contributed by atoms with Crippen molar-refractivity contribution >= 4 is 37.1 Å². The van der Waals surface area contributed by atoms with Gasteiger partial charge in [0.05, 0.1) is 49.2 Å². The molecular weight excluding hydrogens is 697 g/mol. The molecule has 0 spiro atoms. The molecule has 0 aliphatic carbocycles. The summed E-state index contributed by atoms with van der Waals surface area (Å²) in [7, 11) is -1.57. The van der Waals surface area contributed by atoms with Crippen molar-refractivity contribution in [1.29, 1.82) is 10.5 Å². The van der Waals surface area contributed by atoms with Crippen molar-refractivity contribution in [3.8, 4) is 23.4 Å². The monoisotopic (exact) mass is 738 g/mol. The second kappa shape index (κ2) is 24.0. The molecule has 0 amide bonds. The van der Waals surface area contributed by atoms with Crippen LogP contribution in [0.15, 0.2) is 170 Å². The number of nitriles is 2. The molecule has 0 aliphatic rings. The average Bonchev–Trinajstić information content (AvgIpc) is 3.13. The van der Waals surface area contributed by atoms with Crippen LogP contribution in [0.5, 0.6) is 0 Å². The Bertz CT molecular complexity index is 1500. The zero-order valence-electron chi connectivity index (χ0n) is 26.8. The number of aromatic nitrogens is 1. The van der Waals surface area contributed by atoms with E-state index in [2.05, 4.69) is 132 Å². The fraction of sp³-hybridized carbons (Fsp3) is 0.0976. The minimum Gasteiger partial charge on any atom is -0.305 e. The molecule has 6 rings (SSSR count). The molecule has 0 atom stereocenters. The molecule has 0 bridgehead atoms. The predicted molar refractivity (Wildman–Crippen MR) is 202 cm³/mol. The molecule has 47 heavy (non-hydrogen) atoms. The zero-order chi connectivity index (χ0) is 32.7. The Morgan fingerprint density at radius 2 is 0.851 bits per heavy atom. The Morgan fingerprint density at radius 3 is 1.15 bits per heavy atom. The van der Waals surface area contributed by atoms with E-state index in [1.54, 1.807) is 18.3 Å². The number of hydrogen-bond acceptors (Lipinski definition) is 3. The van der Waals surface area contributed by atoms with Crippen LogP contribution >= 0.6 is 15.8 Å². The van der Waals surface area contributed by atoms with E-state index in [0.717, 1.165) is 11.3 Å². The molecule has 0 fully saturated rings. The number of rotatable bonds is 8. The Kier molecular flexibility index (Phi) is 19.8. The molecule has 5 aromatic carbocycles. The van der Waals surface area contributed by atoms with E-state index in [9.17, 15) is 0 Å². The summed E-state index contributed by atoms with van der Waals surface area (Å²) in [6.07, 6.45) is 4.31. The third-order valence-corrected chi connectivity index (χ3v) is 12.9. The molecule has 3 nitrogen and oxygen atoms in total. The summed E-state index contributed by atoms with van der Waals surface area (Å²) >= 11 is 0. The first-order valence-corrected chi connectivity index (χ1v) is 18.6. The minimum atomic E-state index is -0.783. The fourth-order valence-electron chi connectivity index (χ4n) is 4.79. The topological polar surface area (TPSA) is 60.5 Å². The Balaban J connectivity index is 0.000000335. The van der Waals surface area contributed by atoms with Crippen LogP contribution in [0.4, 0.5) is 0 Å². The first kappa shape index (κ1) is 38.9. The quantitative estimate of drug-likeness (QED) is 0.0898. The molecule has 1 heterocycles. The van der Waals surface area contributed by atoms with Gasteiger partial charge in [0.2, 0.25) is 0 Å². The molecule has 0 N–H and O–H groups in total. The molecule has 6 heteroatoms. The van der Waals surface area contributed by atoms with E-state index in [0.29, 0.717) is 0 Å². The Labute approximate surface area is 296 Å². The van der Waals surface area contributed by atoms with E-state index in [4.69, 9.17) is 10.5 Å². The number of benzene rings is 5. The van der Waals surface area contributed by atoms with E-state index < -0.39 is 15.8 Å². The van der Waals surface area contributed by atoms with Crippen molar-refractivity contribution in [3.63, 3.8) is 0 Å². The molecule has 0 unspecified atom stereocenters. The van der Waals surface area contributed by atoms with Crippen LogP contribution in [0.2, 0.25) is 0 Å². The van der Waals surface area contributed by atoms with Crippen LogP contribution in [0.25, 0.3) is 11.3 Å². The summed E-state index contributed by atoms with van der Waals surface area (Å²) in [5.41, 5.74) is 2.01. The van der Waals surface area contributed by atoms with Crippen LogP contribution in [0.3, 0.4) is 0 Å². The third kappa shape index (κ3) is 13.9. The van der Waals surface area contributed by atoms with Gasteiger partial charge in [-0.2, -0.15) is 10.5 Å². The van der Waals surface area contributed by atoms with Crippen LogP contribution in [0, 0.1) is 28.7 Å². The zero-order valence-corrected chi connectivity index (χ0v) is 30.5. The Morgan fingerprint density at radius 1 is 0.511 bits per heavy atom. The van der Waals surface area contributed by atoms with Gasteiger partial charge in [-0.05, 0) is 60.3 Å². The van der Waals surface area contributed by atoms with E-state index in [1.807, 2.05) is 42.5 Å². The largest absolute Gasteiger partial charge is 1.00 e. The summed E-state index contributed by atoms with van der Waals surface area (Å²) in [6, 6.07) is 64.8. The van der Waals surface area contributed by atoms with Gasteiger partial charge in [0.25, 0.3) is 0 Å². The van der Waals surface area contributed by atoms with Crippen molar-refractivity contribution in [2.75, 3.05) is 12.3 Å². The summed E-state index contributed by atoms with van der Waals surface area (Å²) in [5.74, 6) is 0. The van der Waals surface area contributed by atoms with Gasteiger partial charge in [0.15, 0.2) is 0 Å². The van der Waals surface area contributed by atoms with Gasteiger partial charge in [-0.3, -0.25) is 0 Å². The summed E-state index contributed by atoms with van der Waals surface area (Å²) in [6.45, 7) is 2.86. The van der Waals surface area contributed by atoms with Gasteiger partial charge in [-0.1, -0.05) is 84.9 Å². The molecule has 1 radical (unpaired) electrons. The Hall–Kier alpha value is -4.29. The van der Waals surface area contributed by atoms with Crippen LogP contribution in [0.1, 0.15) is 13.8 Å². The molecule has 0 saturated heterocycles. The van der Waals surface area contributed by atoms with Crippen molar-refractivity contribution in [1.82, 2.24) is 4.98 Å². The molecule has 235 valence electrons. The van der Waals surface area contributed by atoms with Gasteiger partial charge in [-0.15, -0.1) is 35.9 Å². The number of hydrogen-bond donors (Lipinski definition) is 0. The van der Waals surface area contributed by atoms with Crippen molar-refractivity contribution in [3.05, 3.63) is 176 Å². The van der Waals surface area contributed by atoms with Gasteiger partial charge in [0.1, 0.15) is 12.3 Å². The number of nitrogens with zero attached hydrogens (tertiary/aromatic N) is 3. The standard InChI is InChI=1S/C26H24P2.C11H8N.2C2H3N.Ru/c1-5-13-23(14-6-1)27(24-15-7-2-8-16-24)21-22-28(25-17-9-3-10-18-25)26-19-11-4-12-20-26;1-2-6-10(7-3-1)11-8-4-5-9-12-11;2*1-2-3;/h1-20H,21-22H2;1-6,8-9H;2*1H3;/q;-1;;;+1/p+2. The van der Waals surface area contributed by atoms with Crippen molar-refractivity contribution in [2.24, 2.45) is 0 Å². The normalized spacial score (nSPS) is 9.40. The summed E-state index contributed by atoms with van der Waals surface area (Å²) in [5, 5.41) is 20.7. The second-order valence-corrected chi connectivity index (χ2v) is 15.1. The SMILES string of the molecule is CC#N.CC#N.[Ru+].[c-]1ccccc1-c1ccccn1.c1ccc([PH+](CC[PH+](c2ccccc2)c2ccccc2)c2ccccc2)cc1. The van der Waals surface area contributed by atoms with Crippen LogP contribution in [-0.4, -0.2) is 17.3 Å². The summed E-state index contributed by atoms with van der Waals surface area (Å²) < 4.78 is 0. The maximum atomic E-state index is 7.32. The number of pyridine rings is 1. The second-order valence-electron chi connectivity index (χ2n) is 9.86. The first-order chi connectivity index (χ1) is 22.7. The minimum absolute atomic E-state index is 0. The van der Waals surface area contributed by atoms with E-state index >= 15 is 0 Å². The van der Waals surface area contributed by atoms with Crippen molar-refractivity contribution in [2.45, 2.75) is 13.8 Å². The van der Waals surface area contributed by atoms with Gasteiger partial charge >= 0.3 is 19.5 Å². The van der Waals surface area contributed by atoms with Gasteiger partial charge < -0.3 is 4.98 Å². The van der Waals surface area contributed by atoms with E-state index in [-0.39, 0.29) is 19.5 Å². The van der Waals surface area contributed by atoms with Gasteiger partial charge in [-0.25, -0.2) is 0 Å². The third-order valence-electron chi connectivity index (χ3n) is 6.76. The molecule has 0 aliphatic heterocycles. The van der Waals surface area contributed by atoms with Crippen molar-refractivity contribution < 1.29 is 19.5 Å². The average molecular weight is 738 g/mol. The molecule has 0 saturated carbocycles.